The summed E-state index contributed by atoms with van der Waals surface area (Å²) in [4.78, 5) is 26.5. The highest BCUT2D eigenvalue weighted by atomic mass is 32.2. The molecule has 4 unspecified atom stereocenters. The number of hydrogen-bond acceptors (Lipinski definition) is 5. The van der Waals surface area contributed by atoms with Crippen molar-refractivity contribution in [2.75, 3.05) is 12.3 Å². The van der Waals surface area contributed by atoms with Crippen LogP contribution in [0.2, 0.25) is 0 Å². The van der Waals surface area contributed by atoms with E-state index in [1.807, 2.05) is 36.4 Å². The number of carbonyl (C=O) groups is 2. The van der Waals surface area contributed by atoms with Gasteiger partial charge in [-0.05, 0) is 42.7 Å². The molecule has 0 spiro atoms. The van der Waals surface area contributed by atoms with Gasteiger partial charge in [0.15, 0.2) is 0 Å². The van der Waals surface area contributed by atoms with Gasteiger partial charge in [0.1, 0.15) is 17.3 Å². The van der Waals surface area contributed by atoms with Gasteiger partial charge in [-0.15, -0.1) is 11.8 Å². The van der Waals surface area contributed by atoms with Gasteiger partial charge >= 0.3 is 5.97 Å². The van der Waals surface area contributed by atoms with Gasteiger partial charge in [-0.25, -0.2) is 0 Å². The maximum Gasteiger partial charge on any atom is 0.311 e. The van der Waals surface area contributed by atoms with Crippen molar-refractivity contribution in [1.29, 1.82) is 0 Å². The second-order valence-corrected chi connectivity index (χ2v) is 9.85. The van der Waals surface area contributed by atoms with Crippen molar-refractivity contribution in [3.63, 3.8) is 0 Å². The molecule has 178 valence electrons. The van der Waals surface area contributed by atoms with Crippen LogP contribution in [0.4, 0.5) is 0 Å². The Morgan fingerprint density at radius 3 is 2.45 bits per heavy atom. The standard InChI is InChI=1S/C27H35NO4S/c1-3-5-11-19(10-4-2)25(29)24(26-28-16-17-33-26)23(27(30)31)20-12-9-15-22(18-20)32-21-13-7-6-8-14-21/h6-9,12-15,18-19,23-24,26,28H,3-5,10-11,16-17H2,1-2H3,(H,30,31). The Morgan fingerprint density at radius 2 is 1.82 bits per heavy atom. The van der Waals surface area contributed by atoms with Gasteiger partial charge in [0.25, 0.3) is 0 Å². The van der Waals surface area contributed by atoms with Crippen molar-refractivity contribution >= 4 is 23.5 Å². The van der Waals surface area contributed by atoms with Gasteiger partial charge in [0.2, 0.25) is 0 Å². The molecular formula is C27H35NO4S. The predicted octanol–water partition coefficient (Wildman–Crippen LogP) is 6.10. The summed E-state index contributed by atoms with van der Waals surface area (Å²) in [5.41, 5.74) is 0.606. The summed E-state index contributed by atoms with van der Waals surface area (Å²) in [5.74, 6) is -0.413. The summed E-state index contributed by atoms with van der Waals surface area (Å²) in [7, 11) is 0. The summed E-state index contributed by atoms with van der Waals surface area (Å²) in [6.45, 7) is 5.00. The number of Topliss-reactive ketones (excluding diaryl/α,β-unsaturated/α-hetero) is 1. The average Bonchev–Trinajstić information content (AvgIpc) is 3.34. The molecule has 5 nitrogen and oxygen atoms in total. The van der Waals surface area contributed by atoms with Gasteiger partial charge in [0, 0.05) is 18.2 Å². The van der Waals surface area contributed by atoms with Gasteiger partial charge in [0.05, 0.1) is 17.2 Å². The Hall–Kier alpha value is -2.31. The molecule has 1 heterocycles. The van der Waals surface area contributed by atoms with E-state index < -0.39 is 17.8 Å². The molecule has 0 aliphatic carbocycles. The SMILES string of the molecule is CCCCC(CCC)C(=O)C(C1NCCS1)C(C(=O)O)c1cccc(Oc2ccccc2)c1. The van der Waals surface area contributed by atoms with Crippen molar-refractivity contribution in [2.24, 2.45) is 11.8 Å². The van der Waals surface area contributed by atoms with Gasteiger partial charge < -0.3 is 15.2 Å². The van der Waals surface area contributed by atoms with Crippen LogP contribution < -0.4 is 10.1 Å². The van der Waals surface area contributed by atoms with Crippen LogP contribution in [0.3, 0.4) is 0 Å². The minimum atomic E-state index is -0.967. The molecule has 1 fully saturated rings. The number of nitrogens with one attached hydrogen (secondary N) is 1. The van der Waals surface area contributed by atoms with E-state index in [9.17, 15) is 14.7 Å². The van der Waals surface area contributed by atoms with Crippen LogP contribution >= 0.6 is 11.8 Å². The number of benzene rings is 2. The maximum atomic E-state index is 13.9. The van der Waals surface area contributed by atoms with Crippen LogP contribution in [0.25, 0.3) is 0 Å². The Labute approximate surface area is 201 Å². The molecule has 6 heteroatoms. The average molecular weight is 470 g/mol. The van der Waals surface area contributed by atoms with Crippen molar-refractivity contribution in [1.82, 2.24) is 5.32 Å². The molecule has 1 aliphatic heterocycles. The van der Waals surface area contributed by atoms with E-state index >= 15 is 0 Å². The smallest absolute Gasteiger partial charge is 0.311 e. The monoisotopic (exact) mass is 469 g/mol. The number of para-hydroxylation sites is 1. The zero-order valence-electron chi connectivity index (χ0n) is 19.5. The molecule has 2 aromatic rings. The van der Waals surface area contributed by atoms with Crippen molar-refractivity contribution < 1.29 is 19.4 Å². The van der Waals surface area contributed by atoms with E-state index in [1.165, 1.54) is 0 Å². The van der Waals surface area contributed by atoms with Crippen LogP contribution in [-0.2, 0) is 9.59 Å². The molecule has 0 radical (unpaired) electrons. The van der Waals surface area contributed by atoms with Crippen LogP contribution in [0.1, 0.15) is 57.4 Å². The first-order valence-electron chi connectivity index (χ1n) is 12.0. The van der Waals surface area contributed by atoms with E-state index in [1.54, 1.807) is 30.0 Å². The van der Waals surface area contributed by atoms with Crippen molar-refractivity contribution in [3.05, 3.63) is 60.2 Å². The molecule has 33 heavy (non-hydrogen) atoms. The Morgan fingerprint density at radius 1 is 1.06 bits per heavy atom. The normalized spacial score (nSPS) is 18.4. The molecule has 1 aliphatic rings. The Balaban J connectivity index is 1.95. The molecule has 1 saturated heterocycles. The number of carboxylic acids is 1. The fraction of sp³-hybridized carbons (Fsp3) is 0.481. The van der Waals surface area contributed by atoms with E-state index in [-0.39, 0.29) is 17.1 Å². The van der Waals surface area contributed by atoms with E-state index in [0.29, 0.717) is 17.1 Å². The van der Waals surface area contributed by atoms with E-state index in [4.69, 9.17) is 4.74 Å². The first-order chi connectivity index (χ1) is 16.0. The number of carbonyl (C=O) groups excluding carboxylic acids is 1. The van der Waals surface area contributed by atoms with E-state index in [2.05, 4.69) is 19.2 Å². The van der Waals surface area contributed by atoms with Gasteiger partial charge in [-0.2, -0.15) is 0 Å². The zero-order valence-corrected chi connectivity index (χ0v) is 20.4. The van der Waals surface area contributed by atoms with Crippen LogP contribution in [-0.4, -0.2) is 34.5 Å². The lowest BCUT2D eigenvalue weighted by Gasteiger charge is -2.31. The van der Waals surface area contributed by atoms with Gasteiger partial charge in [-0.1, -0.05) is 63.4 Å². The first kappa shape index (κ1) is 25.3. The molecule has 0 bridgehead atoms. The molecule has 3 rings (SSSR count). The number of carboxylic acid groups (broad SMARTS) is 1. The van der Waals surface area contributed by atoms with Crippen molar-refractivity contribution in [3.8, 4) is 11.5 Å². The lowest BCUT2D eigenvalue weighted by atomic mass is 9.76. The van der Waals surface area contributed by atoms with Gasteiger partial charge in [-0.3, -0.25) is 9.59 Å². The zero-order chi connectivity index (χ0) is 23.6. The molecule has 2 N–H and O–H groups in total. The summed E-state index contributed by atoms with van der Waals surface area (Å²) in [6.07, 6.45) is 4.54. The number of unbranched alkanes of at least 4 members (excludes halogenated alkanes) is 1. The third-order valence-corrected chi connectivity index (χ3v) is 7.43. The second-order valence-electron chi connectivity index (χ2n) is 8.61. The number of thioether (sulfide) groups is 1. The lowest BCUT2D eigenvalue weighted by molar-refractivity contribution is -0.144. The number of ether oxygens (including phenoxy) is 1. The molecular weight excluding hydrogens is 434 g/mol. The molecule has 2 aromatic carbocycles. The van der Waals surface area contributed by atoms with Crippen LogP contribution in [0.5, 0.6) is 11.5 Å². The highest BCUT2D eigenvalue weighted by Gasteiger charge is 2.43. The molecule has 4 atom stereocenters. The fourth-order valence-corrected chi connectivity index (χ4v) is 5.79. The van der Waals surface area contributed by atoms with Crippen LogP contribution in [0.15, 0.2) is 54.6 Å². The number of rotatable bonds is 13. The summed E-state index contributed by atoms with van der Waals surface area (Å²) in [6, 6.07) is 16.6. The van der Waals surface area contributed by atoms with E-state index in [0.717, 1.165) is 44.4 Å². The third kappa shape index (κ3) is 6.84. The van der Waals surface area contributed by atoms with Crippen LogP contribution in [0, 0.1) is 11.8 Å². The molecule has 0 aromatic heterocycles. The quantitative estimate of drug-likeness (QED) is 0.369. The second kappa shape index (κ2) is 12.8. The summed E-state index contributed by atoms with van der Waals surface area (Å²) < 4.78 is 5.96. The first-order valence-corrected chi connectivity index (χ1v) is 13.0. The minimum Gasteiger partial charge on any atom is -0.481 e. The number of hydrogen-bond donors (Lipinski definition) is 2. The highest BCUT2D eigenvalue weighted by molar-refractivity contribution is 8.00. The predicted molar refractivity (Wildman–Crippen MR) is 134 cm³/mol. The largest absolute Gasteiger partial charge is 0.481 e. The number of aliphatic carboxylic acids is 1. The molecule has 0 saturated carbocycles. The minimum absolute atomic E-state index is 0.0824. The highest BCUT2D eigenvalue weighted by Crippen LogP contribution is 2.39. The topological polar surface area (TPSA) is 75.6 Å². The summed E-state index contributed by atoms with van der Waals surface area (Å²) in [5, 5.41) is 13.5. The lowest BCUT2D eigenvalue weighted by Crippen LogP contribution is -2.43. The summed E-state index contributed by atoms with van der Waals surface area (Å²) >= 11 is 1.66. The maximum absolute atomic E-state index is 13.9. The Kier molecular flexibility index (Phi) is 9.82. The number of ketones is 1. The third-order valence-electron chi connectivity index (χ3n) is 6.17. The van der Waals surface area contributed by atoms with Crippen molar-refractivity contribution in [2.45, 2.75) is 57.2 Å². The fourth-order valence-electron chi connectivity index (χ4n) is 4.56. The molecule has 0 amide bonds. The Bertz CT molecular complexity index is 898.